The summed E-state index contributed by atoms with van der Waals surface area (Å²) in [6, 6.07) is 10.6. The third-order valence-electron chi connectivity index (χ3n) is 2.78. The fourth-order valence-electron chi connectivity index (χ4n) is 1.91. The lowest BCUT2D eigenvalue weighted by Crippen LogP contribution is -2.00. The van der Waals surface area contributed by atoms with Crippen molar-refractivity contribution in [2.75, 3.05) is 5.73 Å². The van der Waals surface area contributed by atoms with Gasteiger partial charge in [-0.15, -0.1) is 0 Å². The van der Waals surface area contributed by atoms with Crippen molar-refractivity contribution in [1.29, 1.82) is 0 Å². The summed E-state index contributed by atoms with van der Waals surface area (Å²) in [6.07, 6.45) is 1.64. The lowest BCUT2D eigenvalue weighted by atomic mass is 10.2. The first-order chi connectivity index (χ1) is 8.66. The maximum Gasteiger partial charge on any atom is 0.139 e. The molecule has 0 bridgehead atoms. The predicted octanol–water partition coefficient (Wildman–Crippen LogP) is 3.51. The maximum absolute atomic E-state index is 13.6. The molecule has 0 atom stereocenters. The first kappa shape index (κ1) is 11.2. The fourth-order valence-corrected chi connectivity index (χ4v) is 2.27. The Morgan fingerprint density at radius 2 is 2.00 bits per heavy atom. The molecular weight excluding hydrogens is 297 g/mol. The van der Waals surface area contributed by atoms with Crippen LogP contribution in [0.4, 0.5) is 10.1 Å². The van der Waals surface area contributed by atoms with Gasteiger partial charge in [0.05, 0.1) is 26.9 Å². The summed E-state index contributed by atoms with van der Waals surface area (Å²) in [5.74, 6) is -0.350. The Morgan fingerprint density at radius 3 is 2.83 bits per heavy atom. The van der Waals surface area contributed by atoms with Crippen molar-refractivity contribution in [1.82, 2.24) is 9.55 Å². The number of fused-ring (bicyclic) bond motifs is 1. The number of benzene rings is 2. The summed E-state index contributed by atoms with van der Waals surface area (Å²) in [7, 11) is 0. The van der Waals surface area contributed by atoms with Crippen LogP contribution in [0, 0.1) is 5.82 Å². The summed E-state index contributed by atoms with van der Waals surface area (Å²) in [4.78, 5) is 4.26. The Labute approximate surface area is 111 Å². The Morgan fingerprint density at radius 1 is 1.22 bits per heavy atom. The quantitative estimate of drug-likeness (QED) is 0.699. The van der Waals surface area contributed by atoms with Crippen molar-refractivity contribution >= 4 is 32.7 Å². The highest BCUT2D eigenvalue weighted by atomic mass is 79.9. The Kier molecular flexibility index (Phi) is 2.56. The van der Waals surface area contributed by atoms with Crippen LogP contribution in [0.2, 0.25) is 0 Å². The van der Waals surface area contributed by atoms with Gasteiger partial charge < -0.3 is 5.73 Å². The van der Waals surface area contributed by atoms with Crippen LogP contribution in [-0.4, -0.2) is 9.55 Å². The number of para-hydroxylation sites is 2. The zero-order valence-electron chi connectivity index (χ0n) is 9.27. The number of anilines is 1. The SMILES string of the molecule is Nc1cc(Br)c(F)cc1-n1cnc2ccccc21. The van der Waals surface area contributed by atoms with E-state index in [1.54, 1.807) is 17.0 Å². The molecule has 0 unspecified atom stereocenters. The van der Waals surface area contributed by atoms with E-state index in [0.717, 1.165) is 11.0 Å². The molecule has 3 rings (SSSR count). The minimum atomic E-state index is -0.350. The third kappa shape index (κ3) is 1.67. The molecule has 0 aliphatic heterocycles. The van der Waals surface area contributed by atoms with Gasteiger partial charge >= 0.3 is 0 Å². The van der Waals surface area contributed by atoms with Crippen LogP contribution >= 0.6 is 15.9 Å². The lowest BCUT2D eigenvalue weighted by molar-refractivity contribution is 0.620. The molecule has 0 amide bonds. The van der Waals surface area contributed by atoms with Crippen molar-refractivity contribution in [2.45, 2.75) is 0 Å². The number of imidazole rings is 1. The molecule has 5 heteroatoms. The monoisotopic (exact) mass is 305 g/mol. The summed E-state index contributed by atoms with van der Waals surface area (Å²) >= 11 is 3.11. The molecule has 0 fully saturated rings. The number of nitrogens with two attached hydrogens (primary N) is 1. The van der Waals surface area contributed by atoms with Gasteiger partial charge in [0, 0.05) is 6.07 Å². The second-order valence-corrected chi connectivity index (χ2v) is 4.78. The molecule has 3 nitrogen and oxygen atoms in total. The standard InChI is InChI=1S/C13H9BrFN3/c14-8-5-10(16)13(6-9(8)15)18-7-17-11-3-1-2-4-12(11)18/h1-7H,16H2. The second-order valence-electron chi connectivity index (χ2n) is 3.93. The van der Waals surface area contributed by atoms with E-state index in [-0.39, 0.29) is 5.82 Å². The molecule has 2 aromatic carbocycles. The molecule has 90 valence electrons. The van der Waals surface area contributed by atoms with E-state index in [2.05, 4.69) is 20.9 Å². The molecule has 18 heavy (non-hydrogen) atoms. The van der Waals surface area contributed by atoms with Crippen molar-refractivity contribution in [3.63, 3.8) is 0 Å². The van der Waals surface area contributed by atoms with Crippen LogP contribution < -0.4 is 5.73 Å². The van der Waals surface area contributed by atoms with Gasteiger partial charge in [0.2, 0.25) is 0 Å². The maximum atomic E-state index is 13.6. The number of hydrogen-bond donors (Lipinski definition) is 1. The number of halogens is 2. The number of rotatable bonds is 1. The topological polar surface area (TPSA) is 43.8 Å². The fraction of sp³-hybridized carbons (Fsp3) is 0. The van der Waals surface area contributed by atoms with Gasteiger partial charge in [-0.1, -0.05) is 12.1 Å². The van der Waals surface area contributed by atoms with E-state index in [1.165, 1.54) is 6.07 Å². The van der Waals surface area contributed by atoms with Crippen molar-refractivity contribution in [2.24, 2.45) is 0 Å². The second kappa shape index (κ2) is 4.10. The van der Waals surface area contributed by atoms with Crippen molar-refractivity contribution < 1.29 is 4.39 Å². The Bertz CT molecular complexity index is 736. The molecule has 0 radical (unpaired) electrons. The minimum Gasteiger partial charge on any atom is -0.397 e. The summed E-state index contributed by atoms with van der Waals surface area (Å²) < 4.78 is 15.7. The van der Waals surface area contributed by atoms with Gasteiger partial charge in [-0.3, -0.25) is 4.57 Å². The molecular formula is C13H9BrFN3. The van der Waals surface area contributed by atoms with Gasteiger partial charge in [0.1, 0.15) is 12.1 Å². The highest BCUT2D eigenvalue weighted by Gasteiger charge is 2.10. The van der Waals surface area contributed by atoms with Crippen LogP contribution in [0.5, 0.6) is 0 Å². The molecule has 0 spiro atoms. The van der Waals surface area contributed by atoms with Crippen LogP contribution in [-0.2, 0) is 0 Å². The zero-order chi connectivity index (χ0) is 12.7. The van der Waals surface area contributed by atoms with Crippen molar-refractivity contribution in [3.05, 3.63) is 53.0 Å². The molecule has 1 heterocycles. The first-order valence-corrected chi connectivity index (χ1v) is 6.13. The largest absolute Gasteiger partial charge is 0.397 e. The average Bonchev–Trinajstić information content (AvgIpc) is 2.78. The summed E-state index contributed by atoms with van der Waals surface area (Å²) in [5, 5.41) is 0. The molecule has 1 aromatic heterocycles. The highest BCUT2D eigenvalue weighted by Crippen LogP contribution is 2.27. The average molecular weight is 306 g/mol. The number of hydrogen-bond acceptors (Lipinski definition) is 2. The zero-order valence-corrected chi connectivity index (χ0v) is 10.9. The molecule has 3 aromatic rings. The smallest absolute Gasteiger partial charge is 0.139 e. The summed E-state index contributed by atoms with van der Waals surface area (Å²) in [6.45, 7) is 0. The highest BCUT2D eigenvalue weighted by molar-refractivity contribution is 9.10. The first-order valence-electron chi connectivity index (χ1n) is 5.34. The molecule has 0 saturated heterocycles. The number of aromatic nitrogens is 2. The van der Waals surface area contributed by atoms with Crippen LogP contribution in [0.15, 0.2) is 47.2 Å². The normalized spacial score (nSPS) is 11.0. The van der Waals surface area contributed by atoms with Gasteiger partial charge in [-0.25, -0.2) is 9.37 Å². The molecule has 0 aliphatic carbocycles. The molecule has 0 saturated carbocycles. The number of nitrogens with zero attached hydrogens (tertiary/aromatic N) is 2. The van der Waals surface area contributed by atoms with Gasteiger partial charge in [0.25, 0.3) is 0 Å². The third-order valence-corrected chi connectivity index (χ3v) is 3.39. The van der Waals surface area contributed by atoms with E-state index >= 15 is 0 Å². The van der Waals surface area contributed by atoms with E-state index in [1.807, 2.05) is 24.3 Å². The summed E-state index contributed by atoms with van der Waals surface area (Å²) in [5.41, 5.74) is 8.75. The van der Waals surface area contributed by atoms with Gasteiger partial charge in [-0.05, 0) is 34.1 Å². The van der Waals surface area contributed by atoms with Gasteiger partial charge in [0.15, 0.2) is 0 Å². The lowest BCUT2D eigenvalue weighted by Gasteiger charge is -2.09. The number of nitrogen functional groups attached to an aromatic ring is 1. The van der Waals surface area contributed by atoms with Crippen LogP contribution in [0.25, 0.3) is 16.7 Å². The van der Waals surface area contributed by atoms with E-state index in [9.17, 15) is 4.39 Å². The predicted molar refractivity (Wildman–Crippen MR) is 73.1 cm³/mol. The molecule has 2 N–H and O–H groups in total. The van der Waals surface area contributed by atoms with E-state index < -0.39 is 0 Å². The van der Waals surface area contributed by atoms with E-state index in [4.69, 9.17) is 5.73 Å². The molecule has 0 aliphatic rings. The Hall–Kier alpha value is -1.88. The minimum absolute atomic E-state index is 0.350. The van der Waals surface area contributed by atoms with Gasteiger partial charge in [-0.2, -0.15) is 0 Å². The van der Waals surface area contributed by atoms with Crippen LogP contribution in [0.3, 0.4) is 0 Å². The van der Waals surface area contributed by atoms with E-state index in [0.29, 0.717) is 15.8 Å². The Balaban J connectivity index is 2.29. The van der Waals surface area contributed by atoms with Crippen molar-refractivity contribution in [3.8, 4) is 5.69 Å². The van der Waals surface area contributed by atoms with Crippen LogP contribution in [0.1, 0.15) is 0 Å².